The normalized spacial score (nSPS) is 10.5. The summed E-state index contributed by atoms with van der Waals surface area (Å²) < 4.78 is 5.19. The van der Waals surface area contributed by atoms with Crippen molar-refractivity contribution in [3.05, 3.63) is 35.6 Å². The van der Waals surface area contributed by atoms with Crippen molar-refractivity contribution in [2.75, 3.05) is 5.73 Å². The molecule has 0 unspecified atom stereocenters. The number of rotatable bonds is 3. The van der Waals surface area contributed by atoms with Crippen molar-refractivity contribution in [1.82, 2.24) is 9.97 Å². The number of nitrogen functional groups attached to an aromatic ring is 1. The fourth-order valence-corrected chi connectivity index (χ4v) is 2.00. The SMILES string of the molecule is Nc1cnc(Cl)nc1SCc1ccco1. The summed E-state index contributed by atoms with van der Waals surface area (Å²) in [6.45, 7) is 0. The van der Waals surface area contributed by atoms with Crippen LogP contribution in [0.15, 0.2) is 34.0 Å². The van der Waals surface area contributed by atoms with Crippen molar-refractivity contribution in [1.29, 1.82) is 0 Å². The lowest BCUT2D eigenvalue weighted by Gasteiger charge is -2.02. The van der Waals surface area contributed by atoms with Crippen LogP contribution in [-0.2, 0) is 5.75 Å². The first-order valence-electron chi connectivity index (χ1n) is 4.19. The fourth-order valence-electron chi connectivity index (χ4n) is 1.01. The minimum Gasteiger partial charge on any atom is -0.468 e. The van der Waals surface area contributed by atoms with Crippen LogP contribution in [0.1, 0.15) is 5.76 Å². The number of furan rings is 1. The third-order valence-electron chi connectivity index (χ3n) is 1.68. The van der Waals surface area contributed by atoms with Crippen LogP contribution in [0.2, 0.25) is 5.28 Å². The second kappa shape index (κ2) is 4.55. The van der Waals surface area contributed by atoms with Crippen molar-refractivity contribution in [3.8, 4) is 0 Å². The number of halogens is 1. The van der Waals surface area contributed by atoms with Crippen LogP contribution in [0.25, 0.3) is 0 Å². The van der Waals surface area contributed by atoms with Crippen LogP contribution in [0.3, 0.4) is 0 Å². The van der Waals surface area contributed by atoms with Gasteiger partial charge in [-0.05, 0) is 23.7 Å². The van der Waals surface area contributed by atoms with Gasteiger partial charge in [-0.1, -0.05) is 11.8 Å². The number of nitrogens with two attached hydrogens (primary N) is 1. The summed E-state index contributed by atoms with van der Waals surface area (Å²) in [6, 6.07) is 3.73. The molecule has 0 atom stereocenters. The average molecular weight is 242 g/mol. The van der Waals surface area contributed by atoms with Crippen molar-refractivity contribution >= 4 is 29.1 Å². The van der Waals surface area contributed by atoms with E-state index < -0.39 is 0 Å². The molecule has 2 rings (SSSR count). The number of anilines is 1. The molecule has 0 aliphatic rings. The zero-order chi connectivity index (χ0) is 10.7. The molecule has 6 heteroatoms. The highest BCUT2D eigenvalue weighted by Crippen LogP contribution is 2.26. The molecule has 0 aliphatic carbocycles. The largest absolute Gasteiger partial charge is 0.468 e. The van der Waals surface area contributed by atoms with Gasteiger partial charge < -0.3 is 10.2 Å². The first-order chi connectivity index (χ1) is 7.25. The molecule has 0 saturated heterocycles. The van der Waals surface area contributed by atoms with Gasteiger partial charge in [0.25, 0.3) is 0 Å². The van der Waals surface area contributed by atoms with Crippen molar-refractivity contribution in [3.63, 3.8) is 0 Å². The molecule has 0 aromatic carbocycles. The molecule has 2 heterocycles. The van der Waals surface area contributed by atoms with E-state index in [9.17, 15) is 0 Å². The van der Waals surface area contributed by atoms with E-state index in [2.05, 4.69) is 9.97 Å². The summed E-state index contributed by atoms with van der Waals surface area (Å²) in [5.74, 6) is 1.54. The maximum atomic E-state index is 5.69. The third kappa shape index (κ3) is 2.64. The molecule has 0 saturated carbocycles. The molecule has 0 fully saturated rings. The fraction of sp³-hybridized carbons (Fsp3) is 0.111. The lowest BCUT2D eigenvalue weighted by molar-refractivity contribution is 0.530. The van der Waals surface area contributed by atoms with Crippen LogP contribution in [0.4, 0.5) is 5.69 Å². The van der Waals surface area contributed by atoms with Gasteiger partial charge in [0.05, 0.1) is 23.9 Å². The number of aromatic nitrogens is 2. The van der Waals surface area contributed by atoms with Crippen LogP contribution >= 0.6 is 23.4 Å². The second-order valence-electron chi connectivity index (χ2n) is 2.77. The lowest BCUT2D eigenvalue weighted by atomic mass is 10.5. The summed E-state index contributed by atoms with van der Waals surface area (Å²) in [4.78, 5) is 7.80. The minimum atomic E-state index is 0.200. The van der Waals surface area contributed by atoms with Crippen molar-refractivity contribution in [2.24, 2.45) is 0 Å². The molecule has 0 spiro atoms. The molecule has 0 radical (unpaired) electrons. The Bertz CT molecular complexity index is 447. The van der Waals surface area contributed by atoms with Gasteiger partial charge in [-0.3, -0.25) is 0 Å². The highest BCUT2D eigenvalue weighted by atomic mass is 35.5. The number of thioether (sulfide) groups is 1. The van der Waals surface area contributed by atoms with Gasteiger partial charge in [-0.2, -0.15) is 0 Å². The zero-order valence-corrected chi connectivity index (χ0v) is 9.26. The lowest BCUT2D eigenvalue weighted by Crippen LogP contribution is -1.94. The Morgan fingerprint density at radius 2 is 2.40 bits per heavy atom. The monoisotopic (exact) mass is 241 g/mol. The Morgan fingerprint density at radius 3 is 3.13 bits per heavy atom. The molecule has 2 aromatic rings. The average Bonchev–Trinajstić information content (AvgIpc) is 2.72. The van der Waals surface area contributed by atoms with E-state index >= 15 is 0 Å². The van der Waals surface area contributed by atoms with E-state index in [0.29, 0.717) is 16.5 Å². The minimum absolute atomic E-state index is 0.200. The molecule has 4 nitrogen and oxygen atoms in total. The predicted octanol–water partition coefficient (Wildman–Crippen LogP) is 2.60. The second-order valence-corrected chi connectivity index (χ2v) is 4.07. The van der Waals surface area contributed by atoms with Crippen LogP contribution in [0, 0.1) is 0 Å². The standard InChI is InChI=1S/C9H8ClN3OS/c10-9-12-4-7(11)8(13-9)15-5-6-2-1-3-14-6/h1-4H,5,11H2. The van der Waals surface area contributed by atoms with E-state index in [1.54, 1.807) is 6.26 Å². The quantitative estimate of drug-likeness (QED) is 0.508. The Morgan fingerprint density at radius 1 is 1.53 bits per heavy atom. The first kappa shape index (κ1) is 10.3. The smallest absolute Gasteiger partial charge is 0.223 e. The molecule has 2 aromatic heterocycles. The molecular weight excluding hydrogens is 234 g/mol. The van der Waals surface area contributed by atoms with Gasteiger partial charge in [0, 0.05) is 0 Å². The summed E-state index contributed by atoms with van der Waals surface area (Å²) >= 11 is 7.13. The highest BCUT2D eigenvalue weighted by Gasteiger charge is 2.05. The topological polar surface area (TPSA) is 64.9 Å². The molecular formula is C9H8ClN3OS. The Labute approximate surface area is 95.9 Å². The summed E-state index contributed by atoms with van der Waals surface area (Å²) in [6.07, 6.45) is 3.13. The van der Waals surface area contributed by atoms with E-state index in [1.165, 1.54) is 18.0 Å². The van der Waals surface area contributed by atoms with Gasteiger partial charge in [0.15, 0.2) is 0 Å². The van der Waals surface area contributed by atoms with E-state index in [4.69, 9.17) is 21.8 Å². The molecule has 15 heavy (non-hydrogen) atoms. The van der Waals surface area contributed by atoms with Crippen molar-refractivity contribution < 1.29 is 4.42 Å². The first-order valence-corrected chi connectivity index (χ1v) is 5.55. The Hall–Kier alpha value is -1.20. The maximum absolute atomic E-state index is 5.69. The number of nitrogens with zero attached hydrogens (tertiary/aromatic N) is 2. The van der Waals surface area contributed by atoms with E-state index in [-0.39, 0.29) is 5.28 Å². The summed E-state index contributed by atoms with van der Waals surface area (Å²) in [5.41, 5.74) is 6.22. The summed E-state index contributed by atoms with van der Waals surface area (Å²) in [7, 11) is 0. The molecule has 0 bridgehead atoms. The Kier molecular flexibility index (Phi) is 3.13. The number of hydrogen-bond donors (Lipinski definition) is 1. The van der Waals surface area contributed by atoms with Gasteiger partial charge in [0.2, 0.25) is 5.28 Å². The molecule has 78 valence electrons. The van der Waals surface area contributed by atoms with E-state index in [1.807, 2.05) is 12.1 Å². The van der Waals surface area contributed by atoms with Gasteiger partial charge in [0.1, 0.15) is 10.8 Å². The highest BCUT2D eigenvalue weighted by molar-refractivity contribution is 7.98. The van der Waals surface area contributed by atoms with Gasteiger partial charge in [-0.25, -0.2) is 9.97 Å². The van der Waals surface area contributed by atoms with E-state index in [0.717, 1.165) is 5.76 Å². The summed E-state index contributed by atoms with van der Waals surface area (Å²) in [5, 5.41) is 0.873. The molecule has 2 N–H and O–H groups in total. The molecule has 0 aliphatic heterocycles. The van der Waals surface area contributed by atoms with Gasteiger partial charge >= 0.3 is 0 Å². The predicted molar refractivity (Wildman–Crippen MR) is 59.7 cm³/mol. The maximum Gasteiger partial charge on any atom is 0.223 e. The van der Waals surface area contributed by atoms with Crippen LogP contribution < -0.4 is 5.73 Å². The zero-order valence-electron chi connectivity index (χ0n) is 7.68. The molecule has 0 amide bonds. The third-order valence-corrected chi connectivity index (χ3v) is 2.89. The van der Waals surface area contributed by atoms with Crippen LogP contribution in [0.5, 0.6) is 0 Å². The van der Waals surface area contributed by atoms with Crippen LogP contribution in [-0.4, -0.2) is 9.97 Å². The van der Waals surface area contributed by atoms with Crippen molar-refractivity contribution in [2.45, 2.75) is 10.8 Å². The van der Waals surface area contributed by atoms with Gasteiger partial charge in [-0.15, -0.1) is 0 Å². The number of hydrogen-bond acceptors (Lipinski definition) is 5. The Balaban J connectivity index is 2.07.